The van der Waals surface area contributed by atoms with E-state index in [0.717, 1.165) is 50.4 Å². The summed E-state index contributed by atoms with van der Waals surface area (Å²) in [5, 5.41) is 6.42. The number of rotatable bonds is 5. The first-order valence-electron chi connectivity index (χ1n) is 13.4. The van der Waals surface area contributed by atoms with Crippen LogP contribution in [0.5, 0.6) is 0 Å². The van der Waals surface area contributed by atoms with Crippen LogP contribution in [0, 0.1) is 19.8 Å². The maximum absolute atomic E-state index is 11.7. The number of hydrogen-bond acceptors (Lipinski definition) is 4. The van der Waals surface area contributed by atoms with Crippen LogP contribution in [0.4, 0.5) is 0 Å². The molecule has 3 aromatic rings. The third-order valence-electron chi connectivity index (χ3n) is 8.20. The van der Waals surface area contributed by atoms with Crippen molar-refractivity contribution >= 4 is 16.7 Å². The zero-order valence-electron chi connectivity index (χ0n) is 22.0. The predicted molar refractivity (Wildman–Crippen MR) is 144 cm³/mol. The Kier molecular flexibility index (Phi) is 6.82. The number of nitrogens with zero attached hydrogens (tertiary/aromatic N) is 3. The fraction of sp³-hybridized carbons (Fsp3) is 0.533. The van der Waals surface area contributed by atoms with Crippen molar-refractivity contribution in [3.63, 3.8) is 0 Å². The molecule has 2 aromatic heterocycles. The van der Waals surface area contributed by atoms with Gasteiger partial charge in [-0.05, 0) is 93.7 Å². The quantitative estimate of drug-likeness (QED) is 0.469. The molecule has 186 valence electrons. The van der Waals surface area contributed by atoms with Crippen LogP contribution in [0.2, 0.25) is 0 Å². The molecule has 2 fully saturated rings. The van der Waals surface area contributed by atoms with Gasteiger partial charge in [-0.15, -0.1) is 0 Å². The molecule has 2 aliphatic rings. The maximum atomic E-state index is 11.7. The zero-order chi connectivity index (χ0) is 24.7. The lowest BCUT2D eigenvalue weighted by Gasteiger charge is -2.43. The standard InChI is InChI=1S/C30H40N4O/c1-19(2)29-27-18-25(6-7-28(27)32-30(29)26-16-20(3)31-21(4)17-26)24-10-14-34(15-11-24)33-12-8-23(9-13-33)22(5)35/h6-7,16-19,23-24,32H,8-15H2,1-5H3. The van der Waals surface area contributed by atoms with Gasteiger partial charge in [0.2, 0.25) is 0 Å². The molecule has 2 saturated heterocycles. The summed E-state index contributed by atoms with van der Waals surface area (Å²) in [5.74, 6) is 1.68. The van der Waals surface area contributed by atoms with E-state index in [4.69, 9.17) is 0 Å². The number of fused-ring (bicyclic) bond motifs is 1. The van der Waals surface area contributed by atoms with Crippen molar-refractivity contribution < 1.29 is 4.79 Å². The van der Waals surface area contributed by atoms with Crippen LogP contribution >= 0.6 is 0 Å². The third kappa shape index (κ3) is 4.94. The number of aromatic amines is 1. The number of hydrogen-bond donors (Lipinski definition) is 1. The van der Waals surface area contributed by atoms with Crippen LogP contribution in [-0.2, 0) is 4.79 Å². The number of piperidine rings is 2. The molecule has 4 heterocycles. The molecule has 1 aromatic carbocycles. The number of Topliss-reactive ketones (excluding diaryl/α,β-unsaturated/α-hetero) is 1. The Morgan fingerprint density at radius 1 is 0.943 bits per heavy atom. The fourth-order valence-corrected chi connectivity index (χ4v) is 6.33. The summed E-state index contributed by atoms with van der Waals surface area (Å²) in [6, 6.07) is 11.5. The molecule has 5 rings (SSSR count). The summed E-state index contributed by atoms with van der Waals surface area (Å²) in [4.78, 5) is 20.0. The Labute approximate surface area is 209 Å². The van der Waals surface area contributed by atoms with Gasteiger partial charge < -0.3 is 4.98 Å². The fourth-order valence-electron chi connectivity index (χ4n) is 6.33. The summed E-state index contributed by atoms with van der Waals surface area (Å²) in [6.45, 7) is 14.8. The lowest BCUT2D eigenvalue weighted by Crippen LogP contribution is -2.50. The van der Waals surface area contributed by atoms with Gasteiger partial charge in [-0.1, -0.05) is 19.9 Å². The number of nitrogens with one attached hydrogen (secondary N) is 1. The molecule has 2 aliphatic heterocycles. The number of carbonyl (C=O) groups excluding carboxylic acids is 1. The van der Waals surface area contributed by atoms with Crippen molar-refractivity contribution in [1.82, 2.24) is 20.0 Å². The molecule has 0 saturated carbocycles. The topological polar surface area (TPSA) is 52.2 Å². The Morgan fingerprint density at radius 3 is 2.11 bits per heavy atom. The first-order valence-corrected chi connectivity index (χ1v) is 13.4. The zero-order valence-corrected chi connectivity index (χ0v) is 22.0. The smallest absolute Gasteiger partial charge is 0.133 e. The highest BCUT2D eigenvalue weighted by Gasteiger charge is 2.29. The second-order valence-electron chi connectivity index (χ2n) is 11.1. The van der Waals surface area contributed by atoms with E-state index < -0.39 is 0 Å². The Hall–Kier alpha value is -2.50. The van der Waals surface area contributed by atoms with Gasteiger partial charge in [-0.3, -0.25) is 9.78 Å². The van der Waals surface area contributed by atoms with Gasteiger partial charge in [0.25, 0.3) is 0 Å². The number of hydrazine groups is 1. The molecular formula is C30H40N4O. The molecular weight excluding hydrogens is 432 g/mol. The minimum absolute atomic E-state index is 0.275. The van der Waals surface area contributed by atoms with E-state index >= 15 is 0 Å². The van der Waals surface area contributed by atoms with E-state index in [9.17, 15) is 4.79 Å². The molecule has 0 bridgehead atoms. The number of pyridine rings is 1. The van der Waals surface area contributed by atoms with Crippen LogP contribution in [0.25, 0.3) is 22.2 Å². The number of aromatic nitrogens is 2. The SMILES string of the molecule is CC(=O)C1CCN(N2CCC(c3ccc4[nH]c(-c5cc(C)nc(C)c5)c(C(C)C)c4c3)CC2)CC1. The highest BCUT2D eigenvalue weighted by atomic mass is 16.1. The van der Waals surface area contributed by atoms with Crippen molar-refractivity contribution in [3.05, 3.63) is 52.8 Å². The molecule has 5 nitrogen and oxygen atoms in total. The van der Waals surface area contributed by atoms with Gasteiger partial charge in [0, 0.05) is 60.0 Å². The van der Waals surface area contributed by atoms with Gasteiger partial charge in [0.05, 0.1) is 5.69 Å². The van der Waals surface area contributed by atoms with Crippen LogP contribution in [0.15, 0.2) is 30.3 Å². The normalized spacial score (nSPS) is 19.1. The van der Waals surface area contributed by atoms with Gasteiger partial charge >= 0.3 is 0 Å². The van der Waals surface area contributed by atoms with Crippen molar-refractivity contribution in [2.75, 3.05) is 26.2 Å². The lowest BCUT2D eigenvalue weighted by molar-refractivity contribution is -0.125. The van der Waals surface area contributed by atoms with E-state index in [2.05, 4.69) is 78.0 Å². The Morgan fingerprint density at radius 2 is 1.54 bits per heavy atom. The second-order valence-corrected chi connectivity index (χ2v) is 11.1. The van der Waals surface area contributed by atoms with Gasteiger partial charge in [0.15, 0.2) is 0 Å². The minimum atomic E-state index is 0.275. The molecule has 0 atom stereocenters. The van der Waals surface area contributed by atoms with Gasteiger partial charge in [-0.25, -0.2) is 10.0 Å². The van der Waals surface area contributed by atoms with Gasteiger partial charge in [-0.2, -0.15) is 0 Å². The van der Waals surface area contributed by atoms with E-state index in [0.29, 0.717) is 17.6 Å². The van der Waals surface area contributed by atoms with E-state index in [1.807, 2.05) is 0 Å². The third-order valence-corrected chi connectivity index (χ3v) is 8.20. The highest BCUT2D eigenvalue weighted by Crippen LogP contribution is 2.38. The number of H-pyrrole nitrogens is 1. The molecule has 0 amide bonds. The molecule has 0 radical (unpaired) electrons. The monoisotopic (exact) mass is 472 g/mol. The van der Waals surface area contributed by atoms with E-state index in [1.165, 1.54) is 46.1 Å². The number of ketones is 1. The van der Waals surface area contributed by atoms with Crippen molar-refractivity contribution in [1.29, 1.82) is 0 Å². The van der Waals surface area contributed by atoms with E-state index in [-0.39, 0.29) is 5.92 Å². The summed E-state index contributed by atoms with van der Waals surface area (Å²) in [6.07, 6.45) is 4.40. The largest absolute Gasteiger partial charge is 0.354 e. The summed E-state index contributed by atoms with van der Waals surface area (Å²) in [7, 11) is 0. The number of carbonyl (C=O) groups is 1. The van der Waals surface area contributed by atoms with Crippen molar-refractivity contribution in [3.8, 4) is 11.3 Å². The second kappa shape index (κ2) is 9.87. The molecule has 0 unspecified atom stereocenters. The van der Waals surface area contributed by atoms with E-state index in [1.54, 1.807) is 6.92 Å². The van der Waals surface area contributed by atoms with Crippen molar-refractivity contribution in [2.24, 2.45) is 5.92 Å². The first-order chi connectivity index (χ1) is 16.8. The molecule has 0 aliphatic carbocycles. The lowest BCUT2D eigenvalue weighted by atomic mass is 9.87. The molecule has 35 heavy (non-hydrogen) atoms. The van der Waals surface area contributed by atoms with Crippen LogP contribution in [-0.4, -0.2) is 51.9 Å². The summed E-state index contributed by atoms with van der Waals surface area (Å²) < 4.78 is 0. The van der Waals surface area contributed by atoms with Crippen molar-refractivity contribution in [2.45, 2.75) is 72.1 Å². The number of benzene rings is 1. The number of aryl methyl sites for hydroxylation is 2. The Bertz CT molecular complexity index is 1190. The van der Waals surface area contributed by atoms with Gasteiger partial charge in [0.1, 0.15) is 5.78 Å². The minimum Gasteiger partial charge on any atom is -0.354 e. The average molecular weight is 473 g/mol. The van der Waals surface area contributed by atoms with Crippen LogP contribution < -0.4 is 0 Å². The Balaban J connectivity index is 1.35. The maximum Gasteiger partial charge on any atom is 0.133 e. The average Bonchev–Trinajstić information content (AvgIpc) is 3.23. The summed E-state index contributed by atoms with van der Waals surface area (Å²) in [5.41, 5.74) is 8.71. The highest BCUT2D eigenvalue weighted by molar-refractivity contribution is 5.92. The van der Waals surface area contributed by atoms with Crippen LogP contribution in [0.3, 0.4) is 0 Å². The molecule has 5 heteroatoms. The predicted octanol–water partition coefficient (Wildman–Crippen LogP) is 6.37. The molecule has 0 spiro atoms. The first kappa shape index (κ1) is 24.2. The molecule has 1 N–H and O–H groups in total. The van der Waals surface area contributed by atoms with Crippen LogP contribution in [0.1, 0.15) is 80.8 Å². The summed E-state index contributed by atoms with van der Waals surface area (Å²) >= 11 is 0.